The third-order valence-corrected chi connectivity index (χ3v) is 2.89. The van der Waals surface area contributed by atoms with Crippen molar-refractivity contribution in [1.29, 1.82) is 0 Å². The molecule has 0 aliphatic heterocycles. The fraction of sp³-hybridized carbons (Fsp3) is 0.600. The third-order valence-electron chi connectivity index (χ3n) is 2.89. The van der Waals surface area contributed by atoms with E-state index in [4.69, 9.17) is 0 Å². The van der Waals surface area contributed by atoms with Gasteiger partial charge in [-0.1, -0.05) is 56.0 Å². The lowest BCUT2D eigenvalue weighted by Gasteiger charge is -2.13. The highest BCUT2D eigenvalue weighted by atomic mass is 16.3. The first-order valence-electron chi connectivity index (χ1n) is 6.25. The van der Waals surface area contributed by atoms with Crippen molar-refractivity contribution in [3.63, 3.8) is 0 Å². The molecule has 1 heteroatoms. The number of hydrogen-bond donors (Lipinski definition) is 1. The summed E-state index contributed by atoms with van der Waals surface area (Å²) in [6, 6.07) is 6.32. The second-order valence-corrected chi connectivity index (χ2v) is 5.26. The number of hydrogen-bond acceptors (Lipinski definition) is 1. The van der Waals surface area contributed by atoms with Crippen LogP contribution in [0.5, 0.6) is 0 Å². The molecule has 0 bridgehead atoms. The number of aryl methyl sites for hydroxylation is 2. The van der Waals surface area contributed by atoms with Gasteiger partial charge in [0.25, 0.3) is 0 Å². The molecule has 1 aromatic carbocycles. The lowest BCUT2D eigenvalue weighted by atomic mass is 9.98. The smallest absolute Gasteiger partial charge is 0.0790 e. The Morgan fingerprint density at radius 1 is 1.00 bits per heavy atom. The average molecular weight is 220 g/mol. The van der Waals surface area contributed by atoms with E-state index in [2.05, 4.69) is 45.9 Å². The monoisotopic (exact) mass is 220 g/mol. The first-order chi connectivity index (χ1) is 7.49. The predicted molar refractivity (Wildman–Crippen MR) is 69.6 cm³/mol. The first-order valence-corrected chi connectivity index (χ1v) is 6.25. The number of aliphatic hydroxyl groups excluding tert-OH is 1. The predicted octanol–water partition coefficient (Wildman–Crippen LogP) is 4.16. The van der Waals surface area contributed by atoms with Crippen LogP contribution in [0.15, 0.2) is 18.2 Å². The van der Waals surface area contributed by atoms with Crippen molar-refractivity contribution in [2.24, 2.45) is 5.92 Å². The topological polar surface area (TPSA) is 20.2 Å². The number of benzene rings is 1. The van der Waals surface area contributed by atoms with Gasteiger partial charge in [0.2, 0.25) is 0 Å². The Morgan fingerprint density at radius 2 is 1.56 bits per heavy atom. The Balaban J connectivity index is 2.55. The van der Waals surface area contributed by atoms with Crippen molar-refractivity contribution in [3.8, 4) is 0 Å². The molecule has 0 amide bonds. The Morgan fingerprint density at radius 3 is 2.06 bits per heavy atom. The first kappa shape index (κ1) is 13.2. The van der Waals surface area contributed by atoms with Gasteiger partial charge in [-0.25, -0.2) is 0 Å². The van der Waals surface area contributed by atoms with Gasteiger partial charge in [-0.15, -0.1) is 0 Å². The summed E-state index contributed by atoms with van der Waals surface area (Å²) in [6.07, 6.45) is 2.88. The Kier molecular flexibility index (Phi) is 5.01. The molecule has 1 nitrogen and oxygen atoms in total. The van der Waals surface area contributed by atoms with Gasteiger partial charge in [-0.05, 0) is 31.7 Å². The highest BCUT2D eigenvalue weighted by Crippen LogP contribution is 2.22. The second kappa shape index (κ2) is 6.05. The SMILES string of the molecule is Cc1cc(C)cc(C(O)CCCC(C)C)c1. The lowest BCUT2D eigenvalue weighted by molar-refractivity contribution is 0.162. The molecule has 0 saturated heterocycles. The van der Waals surface area contributed by atoms with Crippen LogP contribution in [0.3, 0.4) is 0 Å². The van der Waals surface area contributed by atoms with Crippen molar-refractivity contribution in [2.75, 3.05) is 0 Å². The van der Waals surface area contributed by atoms with Gasteiger partial charge in [0.05, 0.1) is 6.10 Å². The quantitative estimate of drug-likeness (QED) is 0.790. The molecule has 0 aromatic heterocycles. The fourth-order valence-corrected chi connectivity index (χ4v) is 2.09. The summed E-state index contributed by atoms with van der Waals surface area (Å²) in [5.41, 5.74) is 3.54. The summed E-state index contributed by atoms with van der Waals surface area (Å²) in [7, 11) is 0. The average Bonchev–Trinajstić information content (AvgIpc) is 2.15. The maximum Gasteiger partial charge on any atom is 0.0790 e. The van der Waals surface area contributed by atoms with E-state index in [1.54, 1.807) is 0 Å². The van der Waals surface area contributed by atoms with E-state index >= 15 is 0 Å². The van der Waals surface area contributed by atoms with E-state index in [-0.39, 0.29) is 6.10 Å². The molecule has 1 rings (SSSR count). The Bertz CT molecular complexity index is 308. The van der Waals surface area contributed by atoms with Crippen molar-refractivity contribution in [2.45, 2.75) is 53.1 Å². The van der Waals surface area contributed by atoms with E-state index in [0.29, 0.717) is 0 Å². The van der Waals surface area contributed by atoms with Gasteiger partial charge in [-0.3, -0.25) is 0 Å². The number of rotatable bonds is 5. The zero-order valence-corrected chi connectivity index (χ0v) is 11.0. The standard InChI is InChI=1S/C15H24O/c1-11(2)6-5-7-15(16)14-9-12(3)8-13(4)10-14/h8-11,15-16H,5-7H2,1-4H3. The molecule has 16 heavy (non-hydrogen) atoms. The van der Waals surface area contributed by atoms with Crippen molar-refractivity contribution in [1.82, 2.24) is 0 Å². The molecule has 1 aromatic rings. The van der Waals surface area contributed by atoms with Gasteiger partial charge in [0.1, 0.15) is 0 Å². The van der Waals surface area contributed by atoms with Gasteiger partial charge in [0, 0.05) is 0 Å². The van der Waals surface area contributed by atoms with Crippen LogP contribution in [0.2, 0.25) is 0 Å². The highest BCUT2D eigenvalue weighted by Gasteiger charge is 2.08. The van der Waals surface area contributed by atoms with Crippen molar-refractivity contribution < 1.29 is 5.11 Å². The van der Waals surface area contributed by atoms with Crippen LogP contribution in [-0.2, 0) is 0 Å². The van der Waals surface area contributed by atoms with Gasteiger partial charge in [0.15, 0.2) is 0 Å². The maximum absolute atomic E-state index is 10.1. The van der Waals surface area contributed by atoms with E-state index in [1.807, 2.05) is 0 Å². The van der Waals surface area contributed by atoms with Crippen LogP contribution in [0.1, 0.15) is 55.9 Å². The molecule has 1 atom stereocenters. The highest BCUT2D eigenvalue weighted by molar-refractivity contribution is 5.29. The number of aliphatic hydroxyl groups is 1. The van der Waals surface area contributed by atoms with Gasteiger partial charge in [-0.2, -0.15) is 0 Å². The Labute approximate surface area is 99.5 Å². The molecular weight excluding hydrogens is 196 g/mol. The van der Waals surface area contributed by atoms with E-state index in [1.165, 1.54) is 17.5 Å². The summed E-state index contributed by atoms with van der Waals surface area (Å²) < 4.78 is 0. The minimum atomic E-state index is -0.294. The normalized spacial score (nSPS) is 13.1. The molecule has 0 heterocycles. The van der Waals surface area contributed by atoms with Crippen molar-refractivity contribution >= 4 is 0 Å². The van der Waals surface area contributed by atoms with E-state index < -0.39 is 0 Å². The molecule has 0 aliphatic carbocycles. The molecule has 0 saturated carbocycles. The van der Waals surface area contributed by atoms with Crippen LogP contribution in [0, 0.1) is 19.8 Å². The summed E-state index contributed by atoms with van der Waals surface area (Å²) >= 11 is 0. The van der Waals surface area contributed by atoms with Crippen LogP contribution in [0.4, 0.5) is 0 Å². The summed E-state index contributed by atoms with van der Waals surface area (Å²) in [5, 5.41) is 10.1. The minimum absolute atomic E-state index is 0.294. The lowest BCUT2D eigenvalue weighted by Crippen LogP contribution is -1.99. The summed E-state index contributed by atoms with van der Waals surface area (Å²) in [4.78, 5) is 0. The largest absolute Gasteiger partial charge is 0.388 e. The van der Waals surface area contributed by atoms with Crippen LogP contribution < -0.4 is 0 Å². The van der Waals surface area contributed by atoms with Crippen LogP contribution >= 0.6 is 0 Å². The summed E-state index contributed by atoms with van der Waals surface area (Å²) in [6.45, 7) is 8.61. The molecular formula is C15H24O. The molecule has 0 spiro atoms. The molecule has 0 radical (unpaired) electrons. The molecule has 90 valence electrons. The molecule has 0 fully saturated rings. The van der Waals surface area contributed by atoms with Crippen LogP contribution in [0.25, 0.3) is 0 Å². The molecule has 0 aliphatic rings. The summed E-state index contributed by atoms with van der Waals surface area (Å²) in [5.74, 6) is 0.728. The second-order valence-electron chi connectivity index (χ2n) is 5.26. The Hall–Kier alpha value is -0.820. The molecule has 1 N–H and O–H groups in total. The van der Waals surface area contributed by atoms with E-state index in [0.717, 1.165) is 24.3 Å². The van der Waals surface area contributed by atoms with Crippen LogP contribution in [-0.4, -0.2) is 5.11 Å². The van der Waals surface area contributed by atoms with Gasteiger partial charge >= 0.3 is 0 Å². The fourth-order valence-electron chi connectivity index (χ4n) is 2.09. The van der Waals surface area contributed by atoms with Gasteiger partial charge < -0.3 is 5.11 Å². The van der Waals surface area contributed by atoms with Crippen molar-refractivity contribution in [3.05, 3.63) is 34.9 Å². The molecule has 1 unspecified atom stereocenters. The zero-order chi connectivity index (χ0) is 12.1. The van der Waals surface area contributed by atoms with E-state index in [9.17, 15) is 5.11 Å². The minimum Gasteiger partial charge on any atom is -0.388 e. The zero-order valence-electron chi connectivity index (χ0n) is 11.0. The maximum atomic E-state index is 10.1. The third kappa shape index (κ3) is 4.36.